The topological polar surface area (TPSA) is 16.4 Å². The molecule has 2 rings (SSSR count). The molecule has 0 aliphatic rings. The number of furan rings is 1. The van der Waals surface area contributed by atoms with E-state index in [9.17, 15) is 4.39 Å². The number of benzene rings is 1. The molecule has 21 heavy (non-hydrogen) atoms. The van der Waals surface area contributed by atoms with Crippen molar-refractivity contribution in [2.24, 2.45) is 0 Å². The van der Waals surface area contributed by atoms with Gasteiger partial charge in [0.15, 0.2) is 0 Å². The first-order valence-electron chi connectivity index (χ1n) is 6.30. The van der Waals surface area contributed by atoms with E-state index in [1.54, 1.807) is 12.1 Å². The van der Waals surface area contributed by atoms with Gasteiger partial charge in [-0.15, -0.1) is 0 Å². The molecule has 0 radical (unpaired) electrons. The van der Waals surface area contributed by atoms with Gasteiger partial charge in [-0.3, -0.25) is 3.71 Å². The first-order chi connectivity index (χ1) is 9.88. The Balaban J connectivity index is 2.52. The Hall–Kier alpha value is -1.59. The minimum absolute atomic E-state index is 0.278. The molecule has 0 saturated heterocycles. The average Bonchev–Trinajstić information content (AvgIpc) is 2.77. The largest absolute Gasteiger partial charge is 0.456 e. The van der Waals surface area contributed by atoms with Crippen LogP contribution in [-0.2, 0) is 0 Å². The lowest BCUT2D eigenvalue weighted by Crippen LogP contribution is -2.18. The van der Waals surface area contributed by atoms with Gasteiger partial charge in [0.25, 0.3) is 0 Å². The molecule has 0 amide bonds. The zero-order valence-corrected chi connectivity index (χ0v) is 13.6. The van der Waals surface area contributed by atoms with Crippen LogP contribution >= 0.6 is 25.6 Å². The molecule has 5 heteroatoms. The first kappa shape index (κ1) is 15.8. The van der Waals surface area contributed by atoms with E-state index in [1.165, 1.54) is 15.8 Å². The van der Waals surface area contributed by atoms with E-state index in [4.69, 9.17) is 4.42 Å². The highest BCUT2D eigenvalue weighted by Crippen LogP contribution is 2.18. The maximum atomic E-state index is 13.0. The molecule has 0 N–H and O–H groups in total. The number of rotatable bonds is 3. The molecule has 110 valence electrons. The monoisotopic (exact) mass is 321 g/mol. The lowest BCUT2D eigenvalue weighted by atomic mass is 10.2. The van der Waals surface area contributed by atoms with Gasteiger partial charge < -0.3 is 4.42 Å². The number of nitrogens with zero attached hydrogens (tertiary/aromatic N) is 1. The van der Waals surface area contributed by atoms with Crippen LogP contribution in [0.1, 0.15) is 13.8 Å². The molecular formula is C16H16FNOS2. The number of hydrogen-bond donors (Lipinski definition) is 2. The van der Waals surface area contributed by atoms with Crippen molar-refractivity contribution < 1.29 is 8.81 Å². The second-order valence-corrected chi connectivity index (χ2v) is 5.94. The van der Waals surface area contributed by atoms with Crippen molar-refractivity contribution in [3.05, 3.63) is 58.1 Å². The molecule has 2 aromatic rings. The first-order valence-corrected chi connectivity index (χ1v) is 7.10. The Morgan fingerprint density at radius 1 is 1.24 bits per heavy atom. The predicted octanol–water partition coefficient (Wildman–Crippen LogP) is 3.56. The summed E-state index contributed by atoms with van der Waals surface area (Å²) in [6.07, 6.45) is 1.82. The zero-order valence-electron chi connectivity index (χ0n) is 11.8. The Labute approximate surface area is 134 Å². The highest BCUT2D eigenvalue weighted by atomic mass is 32.2. The fraction of sp³-hybridized carbons (Fsp3) is 0.125. The summed E-state index contributed by atoms with van der Waals surface area (Å²) in [6.45, 7) is 7.88. The minimum Gasteiger partial charge on any atom is -0.456 e. The Morgan fingerprint density at radius 2 is 1.86 bits per heavy atom. The molecule has 1 aromatic carbocycles. The van der Waals surface area contributed by atoms with Gasteiger partial charge in [-0.2, -0.15) is 0 Å². The summed E-state index contributed by atoms with van der Waals surface area (Å²) in [4.78, 5) is 0. The molecular weight excluding hydrogens is 305 g/mol. The number of thiol groups is 2. The Morgan fingerprint density at radius 3 is 2.38 bits per heavy atom. The predicted molar refractivity (Wildman–Crippen MR) is 91.5 cm³/mol. The third-order valence-electron chi connectivity index (χ3n) is 2.97. The summed E-state index contributed by atoms with van der Waals surface area (Å²) in [5.74, 6) is 0.365. The third-order valence-corrected chi connectivity index (χ3v) is 3.40. The van der Waals surface area contributed by atoms with E-state index < -0.39 is 0 Å². The lowest BCUT2D eigenvalue weighted by molar-refractivity contribution is 0.544. The van der Waals surface area contributed by atoms with Gasteiger partial charge in [-0.1, -0.05) is 37.8 Å². The van der Waals surface area contributed by atoms with Crippen LogP contribution in [0.4, 0.5) is 4.39 Å². The van der Waals surface area contributed by atoms with Crippen molar-refractivity contribution in [3.63, 3.8) is 0 Å². The number of allylic oxidation sites excluding steroid dienone is 2. The van der Waals surface area contributed by atoms with E-state index >= 15 is 0 Å². The minimum atomic E-state index is -0.278. The summed E-state index contributed by atoms with van der Waals surface area (Å²) in [7, 11) is 0. The molecule has 0 saturated carbocycles. The maximum Gasteiger partial charge on any atom is 0.136 e. The normalized spacial score (nSPS) is 11.6. The summed E-state index contributed by atoms with van der Waals surface area (Å²) in [5.41, 5.74) is 3.28. The SMILES string of the molecule is C=c1cc(-c2ccc(F)cc2)o/c1=C/C(=C(C)C)N(S)S. The Bertz CT molecular complexity index is 772. The molecule has 0 fully saturated rings. The van der Waals surface area contributed by atoms with Crippen LogP contribution in [0.5, 0.6) is 0 Å². The molecule has 1 aromatic heterocycles. The van der Waals surface area contributed by atoms with Crippen molar-refractivity contribution in [3.8, 4) is 11.3 Å². The van der Waals surface area contributed by atoms with Crippen LogP contribution in [0.3, 0.4) is 0 Å². The molecule has 0 atom stereocenters. The van der Waals surface area contributed by atoms with Gasteiger partial charge in [-0.25, -0.2) is 4.39 Å². The molecule has 1 heterocycles. The molecule has 0 aliphatic carbocycles. The highest BCUT2D eigenvalue weighted by molar-refractivity contribution is 7.93. The summed E-state index contributed by atoms with van der Waals surface area (Å²) in [5, 5.41) is 0.747. The van der Waals surface area contributed by atoms with Gasteiger partial charge in [0.05, 0.1) is 5.70 Å². The smallest absolute Gasteiger partial charge is 0.136 e. The van der Waals surface area contributed by atoms with Gasteiger partial charge in [0.2, 0.25) is 0 Å². The second kappa shape index (κ2) is 6.45. The van der Waals surface area contributed by atoms with E-state index in [0.29, 0.717) is 11.2 Å². The van der Waals surface area contributed by atoms with Crippen LogP contribution in [0.2, 0.25) is 0 Å². The van der Waals surface area contributed by atoms with Crippen molar-refractivity contribution in [2.45, 2.75) is 13.8 Å². The number of halogens is 1. The molecule has 0 spiro atoms. The van der Waals surface area contributed by atoms with Crippen LogP contribution < -0.4 is 10.6 Å². The lowest BCUT2D eigenvalue weighted by Gasteiger charge is -2.11. The molecule has 0 aliphatic heterocycles. The standard InChI is InChI=1S/C16H16FNOS2/c1-10(2)14(18(20)21)9-15-11(3)8-16(19-15)12-4-6-13(17)7-5-12/h4-9,20-21H,3H2,1-2H3/b15-9+. The van der Waals surface area contributed by atoms with Gasteiger partial charge >= 0.3 is 0 Å². The highest BCUT2D eigenvalue weighted by Gasteiger charge is 2.06. The van der Waals surface area contributed by atoms with Crippen LogP contribution in [0, 0.1) is 5.82 Å². The van der Waals surface area contributed by atoms with E-state index in [2.05, 4.69) is 32.2 Å². The van der Waals surface area contributed by atoms with E-state index in [-0.39, 0.29) is 5.82 Å². The van der Waals surface area contributed by atoms with Crippen molar-refractivity contribution in [1.29, 1.82) is 0 Å². The van der Waals surface area contributed by atoms with E-state index in [1.807, 2.05) is 26.0 Å². The van der Waals surface area contributed by atoms with Gasteiger partial charge in [-0.05, 0) is 44.2 Å². The fourth-order valence-electron chi connectivity index (χ4n) is 1.85. The van der Waals surface area contributed by atoms with E-state index in [0.717, 1.165) is 22.1 Å². The zero-order chi connectivity index (χ0) is 15.6. The molecule has 0 bridgehead atoms. The van der Waals surface area contributed by atoms with Crippen LogP contribution in [-0.4, -0.2) is 3.71 Å². The van der Waals surface area contributed by atoms with Crippen molar-refractivity contribution >= 4 is 38.3 Å². The van der Waals surface area contributed by atoms with Crippen molar-refractivity contribution in [1.82, 2.24) is 3.71 Å². The van der Waals surface area contributed by atoms with Crippen LogP contribution in [0.15, 0.2) is 46.0 Å². The molecule has 0 unspecified atom stereocenters. The summed E-state index contributed by atoms with van der Waals surface area (Å²) >= 11 is 8.38. The van der Waals surface area contributed by atoms with Crippen molar-refractivity contribution in [2.75, 3.05) is 0 Å². The second-order valence-electron chi connectivity index (χ2n) is 4.83. The Kier molecular flexibility index (Phi) is 4.85. The fourth-order valence-corrected chi connectivity index (χ4v) is 2.36. The number of hydrogen-bond acceptors (Lipinski definition) is 4. The van der Waals surface area contributed by atoms with Crippen LogP contribution in [0.25, 0.3) is 24.0 Å². The molecule has 2 nitrogen and oxygen atoms in total. The maximum absolute atomic E-state index is 13.0. The van der Waals surface area contributed by atoms with Gasteiger partial charge in [0.1, 0.15) is 17.0 Å². The quantitative estimate of drug-likeness (QED) is 0.841. The average molecular weight is 321 g/mol. The third kappa shape index (κ3) is 3.74. The summed E-state index contributed by atoms with van der Waals surface area (Å²) < 4.78 is 20.2. The van der Waals surface area contributed by atoms with Gasteiger partial charge in [0, 0.05) is 16.9 Å². The summed E-state index contributed by atoms with van der Waals surface area (Å²) in [6, 6.07) is 7.96.